The van der Waals surface area contributed by atoms with Gasteiger partial charge in [-0.1, -0.05) is 247 Å². The summed E-state index contributed by atoms with van der Waals surface area (Å²) in [5, 5.41) is 87.2. The second-order valence-electron chi connectivity index (χ2n) is 23.2. The Morgan fingerprint density at radius 3 is 1.33 bits per heavy atom. The van der Waals surface area contributed by atoms with E-state index in [1.165, 1.54) is 148 Å². The Labute approximate surface area is 503 Å². The number of hydrogen-bond acceptors (Lipinski definition) is 13. The summed E-state index contributed by atoms with van der Waals surface area (Å²) in [6, 6.07) is -0.941. The number of aliphatic hydroxyl groups excluding tert-OH is 8. The van der Waals surface area contributed by atoms with Crippen molar-refractivity contribution < 1.29 is 64.6 Å². The molecule has 83 heavy (non-hydrogen) atoms. The molecule has 2 rings (SSSR count). The Morgan fingerprint density at radius 2 is 0.843 bits per heavy atom. The molecule has 480 valence electrons. The summed E-state index contributed by atoms with van der Waals surface area (Å²) in [4.78, 5) is 13.3. The van der Waals surface area contributed by atoms with E-state index in [4.69, 9.17) is 18.9 Å². The number of amides is 1. The highest BCUT2D eigenvalue weighted by Gasteiger charge is 2.51. The van der Waals surface area contributed by atoms with Gasteiger partial charge in [-0.25, -0.2) is 0 Å². The molecule has 0 bridgehead atoms. The lowest BCUT2D eigenvalue weighted by Gasteiger charge is -2.46. The van der Waals surface area contributed by atoms with Crippen molar-refractivity contribution in [2.24, 2.45) is 0 Å². The van der Waals surface area contributed by atoms with Crippen LogP contribution in [-0.2, 0) is 23.7 Å². The van der Waals surface area contributed by atoms with Gasteiger partial charge in [0, 0.05) is 6.42 Å². The third-order valence-corrected chi connectivity index (χ3v) is 15.8. The summed E-state index contributed by atoms with van der Waals surface area (Å²) in [5.41, 5.74) is 0. The Hall–Kier alpha value is -2.83. The number of unbranched alkanes of at least 4 members (excludes halogenated alkanes) is 28. The van der Waals surface area contributed by atoms with E-state index in [-0.39, 0.29) is 18.9 Å². The van der Waals surface area contributed by atoms with E-state index in [2.05, 4.69) is 92.1 Å². The maximum atomic E-state index is 13.3. The van der Waals surface area contributed by atoms with Gasteiger partial charge >= 0.3 is 0 Å². The summed E-state index contributed by atoms with van der Waals surface area (Å²) in [6.45, 7) is 2.67. The van der Waals surface area contributed by atoms with Crippen molar-refractivity contribution in [2.75, 3.05) is 19.8 Å². The van der Waals surface area contributed by atoms with E-state index in [0.717, 1.165) is 70.6 Å². The molecule has 12 unspecified atom stereocenters. The van der Waals surface area contributed by atoms with Crippen LogP contribution in [0.3, 0.4) is 0 Å². The molecule has 0 aromatic carbocycles. The highest BCUT2D eigenvalue weighted by atomic mass is 16.7. The third kappa shape index (κ3) is 38.1. The number of allylic oxidation sites excluding steroid dienone is 13. The van der Waals surface area contributed by atoms with Crippen molar-refractivity contribution >= 4 is 5.91 Å². The van der Waals surface area contributed by atoms with E-state index < -0.39 is 86.8 Å². The highest BCUT2D eigenvalue weighted by molar-refractivity contribution is 5.76. The lowest BCUT2D eigenvalue weighted by Crippen LogP contribution is -2.65. The monoisotopic (exact) mass is 1170 g/mol. The van der Waals surface area contributed by atoms with Gasteiger partial charge in [-0.05, 0) is 83.5 Å². The number of nitrogens with one attached hydrogen (secondary N) is 1. The molecular formula is C69H121NO13. The van der Waals surface area contributed by atoms with Crippen molar-refractivity contribution in [3.05, 3.63) is 85.1 Å². The second-order valence-corrected chi connectivity index (χ2v) is 23.2. The molecule has 14 nitrogen and oxygen atoms in total. The Kier molecular flexibility index (Phi) is 49.1. The van der Waals surface area contributed by atoms with Gasteiger partial charge in [0.15, 0.2) is 12.6 Å². The van der Waals surface area contributed by atoms with Crippen LogP contribution in [0.5, 0.6) is 0 Å². The van der Waals surface area contributed by atoms with Gasteiger partial charge in [-0.15, -0.1) is 0 Å². The minimum atomic E-state index is -1.79. The SMILES string of the molecule is CC/C=C\C/C=C\C/C=C\C/C=C\CCCCCCCCCCCCCCCCCCCCC(=O)NC(COC1OC(CO)C(OC2OC(CO)C(O)C(O)C2O)C(O)C1O)C(O)/C=C/CC/C=C/CC/C=C/CCCCCCCCCC. The second kappa shape index (κ2) is 53.4. The molecule has 2 aliphatic rings. The maximum absolute atomic E-state index is 13.3. The van der Waals surface area contributed by atoms with Crippen LogP contribution >= 0.6 is 0 Å². The molecule has 2 heterocycles. The zero-order valence-electron chi connectivity index (χ0n) is 51.9. The normalized spacial score (nSPS) is 24.4. The molecule has 2 saturated heterocycles. The summed E-state index contributed by atoms with van der Waals surface area (Å²) in [6.07, 6.45) is 56.3. The largest absolute Gasteiger partial charge is 0.394 e. The van der Waals surface area contributed by atoms with Crippen LogP contribution in [0.15, 0.2) is 85.1 Å². The van der Waals surface area contributed by atoms with Crippen molar-refractivity contribution in [3.8, 4) is 0 Å². The fourth-order valence-electron chi connectivity index (χ4n) is 10.5. The first kappa shape index (κ1) is 76.3. The highest BCUT2D eigenvalue weighted by Crippen LogP contribution is 2.30. The molecule has 2 fully saturated rings. The predicted octanol–water partition coefficient (Wildman–Crippen LogP) is 12.8. The summed E-state index contributed by atoms with van der Waals surface area (Å²) in [7, 11) is 0. The first-order chi connectivity index (χ1) is 40.6. The molecule has 9 N–H and O–H groups in total. The van der Waals surface area contributed by atoms with E-state index in [9.17, 15) is 45.6 Å². The molecule has 0 spiro atoms. The maximum Gasteiger partial charge on any atom is 0.220 e. The smallest absolute Gasteiger partial charge is 0.220 e. The molecule has 0 radical (unpaired) electrons. The lowest BCUT2D eigenvalue weighted by molar-refractivity contribution is -0.359. The number of carbonyl (C=O) groups excluding carboxylic acids is 1. The standard InChI is InChI=1S/C69H121NO13/c1-3-5-7-9-11-13-15-17-19-21-23-24-25-26-27-28-29-30-31-32-33-34-35-37-39-41-43-45-47-49-51-53-61(74)70-57(58(73)52-50-48-46-44-42-40-38-36-22-20-18-16-14-12-10-8-6-4-2)56-80-68-66(79)64(77)67(60(55-72)82-68)83-69-65(78)63(76)62(75)59(54-71)81-69/h5,7,11,13,17,19,22-24,36,42,44,50,52,57-60,62-69,71-73,75-79H,3-4,6,8-10,12,14-16,18,20-21,25-35,37-41,43,45-49,51,53-56H2,1-2H3,(H,70,74)/b7-5-,13-11-,19-17-,24-23-,36-22+,44-42+,52-50+. The zero-order valence-corrected chi connectivity index (χ0v) is 51.9. The van der Waals surface area contributed by atoms with Crippen LogP contribution in [0.2, 0.25) is 0 Å². The molecule has 0 saturated carbocycles. The number of hydrogen-bond donors (Lipinski definition) is 9. The molecule has 0 aromatic heterocycles. The minimum Gasteiger partial charge on any atom is -0.394 e. The predicted molar refractivity (Wildman–Crippen MR) is 336 cm³/mol. The average molecular weight is 1170 g/mol. The quantitative estimate of drug-likeness (QED) is 0.0204. The van der Waals surface area contributed by atoms with Crippen LogP contribution in [0, 0.1) is 0 Å². The van der Waals surface area contributed by atoms with Crippen LogP contribution in [0.4, 0.5) is 0 Å². The van der Waals surface area contributed by atoms with Gasteiger partial charge < -0.3 is 65.1 Å². The van der Waals surface area contributed by atoms with Gasteiger partial charge in [0.25, 0.3) is 0 Å². The van der Waals surface area contributed by atoms with Crippen molar-refractivity contribution in [3.63, 3.8) is 0 Å². The van der Waals surface area contributed by atoms with Crippen molar-refractivity contribution in [1.82, 2.24) is 5.32 Å². The Bertz CT molecular complexity index is 1710. The van der Waals surface area contributed by atoms with Gasteiger partial charge in [0.1, 0.15) is 48.8 Å². The Morgan fingerprint density at radius 1 is 0.446 bits per heavy atom. The molecule has 12 atom stereocenters. The molecule has 2 aliphatic heterocycles. The van der Waals surface area contributed by atoms with E-state index in [1.54, 1.807) is 6.08 Å². The van der Waals surface area contributed by atoms with Crippen LogP contribution in [-0.4, -0.2) is 140 Å². The van der Waals surface area contributed by atoms with E-state index in [1.807, 2.05) is 6.08 Å². The zero-order chi connectivity index (χ0) is 60.2. The van der Waals surface area contributed by atoms with Gasteiger partial charge in [-0.3, -0.25) is 4.79 Å². The topological polar surface area (TPSA) is 228 Å². The summed E-state index contributed by atoms with van der Waals surface area (Å²) >= 11 is 0. The van der Waals surface area contributed by atoms with Crippen LogP contribution in [0.1, 0.15) is 251 Å². The van der Waals surface area contributed by atoms with Crippen molar-refractivity contribution in [2.45, 2.75) is 325 Å². The molecular weight excluding hydrogens is 1050 g/mol. The summed E-state index contributed by atoms with van der Waals surface area (Å²) < 4.78 is 22.8. The van der Waals surface area contributed by atoms with E-state index in [0.29, 0.717) is 12.8 Å². The Balaban J connectivity index is 1.68. The number of ether oxygens (including phenoxy) is 4. The molecule has 0 aromatic rings. The fraction of sp³-hybridized carbons (Fsp3) is 0.783. The molecule has 14 heteroatoms. The van der Waals surface area contributed by atoms with Crippen LogP contribution in [0.25, 0.3) is 0 Å². The van der Waals surface area contributed by atoms with Gasteiger partial charge in [-0.2, -0.15) is 0 Å². The van der Waals surface area contributed by atoms with Gasteiger partial charge in [0.2, 0.25) is 5.91 Å². The summed E-state index contributed by atoms with van der Waals surface area (Å²) in [5.74, 6) is -0.253. The van der Waals surface area contributed by atoms with Gasteiger partial charge in [0.05, 0.1) is 32.0 Å². The molecule has 1 amide bonds. The van der Waals surface area contributed by atoms with Crippen molar-refractivity contribution in [1.29, 1.82) is 0 Å². The third-order valence-electron chi connectivity index (χ3n) is 15.8. The number of carbonyl (C=O) groups is 1. The number of aliphatic hydroxyl groups is 8. The molecule has 0 aliphatic carbocycles. The average Bonchev–Trinajstić information content (AvgIpc) is 3.64. The fourth-order valence-corrected chi connectivity index (χ4v) is 10.5. The minimum absolute atomic E-state index is 0.253. The van der Waals surface area contributed by atoms with E-state index >= 15 is 0 Å². The first-order valence-corrected chi connectivity index (χ1v) is 33.3. The number of rotatable bonds is 53. The van der Waals surface area contributed by atoms with Crippen LogP contribution < -0.4 is 5.32 Å². The lowest BCUT2D eigenvalue weighted by atomic mass is 9.97. The first-order valence-electron chi connectivity index (χ1n) is 33.3.